The Bertz CT molecular complexity index is 852. The van der Waals surface area contributed by atoms with E-state index in [1.165, 1.54) is 4.90 Å². The first kappa shape index (κ1) is 17.8. The molecule has 122 valence electrons. The lowest BCUT2D eigenvalue weighted by Gasteiger charge is -2.12. The number of hydrogen-bond donors (Lipinski definition) is 0. The van der Waals surface area contributed by atoms with E-state index in [9.17, 15) is 9.59 Å². The van der Waals surface area contributed by atoms with E-state index in [1.54, 1.807) is 24.3 Å². The standard InChI is InChI=1S/C17H10Cl2INO2S/c18-13-6-3-11(7-14(13)19)8-15-16(22)21(17(23)24-15)9-10-1-4-12(20)5-2-10/h1-8H,9H2/b15-8-. The van der Waals surface area contributed by atoms with Crippen LogP contribution in [0.25, 0.3) is 6.08 Å². The number of imide groups is 1. The minimum absolute atomic E-state index is 0.264. The van der Waals surface area contributed by atoms with Crippen LogP contribution in [0.15, 0.2) is 47.4 Å². The molecule has 2 amide bonds. The summed E-state index contributed by atoms with van der Waals surface area (Å²) in [5, 5.41) is 0.578. The molecule has 3 rings (SSSR count). The predicted molar refractivity (Wildman–Crippen MR) is 107 cm³/mol. The molecule has 0 bridgehead atoms. The summed E-state index contributed by atoms with van der Waals surface area (Å²) >= 11 is 15.0. The van der Waals surface area contributed by atoms with Crippen molar-refractivity contribution in [3.63, 3.8) is 0 Å². The summed E-state index contributed by atoms with van der Waals surface area (Å²) in [5.74, 6) is -0.297. The maximum atomic E-state index is 12.5. The number of halogens is 3. The Morgan fingerprint density at radius 3 is 2.42 bits per heavy atom. The van der Waals surface area contributed by atoms with Crippen molar-refractivity contribution in [3.8, 4) is 0 Å². The molecule has 1 aliphatic heterocycles. The van der Waals surface area contributed by atoms with E-state index in [4.69, 9.17) is 23.2 Å². The summed E-state index contributed by atoms with van der Waals surface area (Å²) in [4.78, 5) is 26.3. The van der Waals surface area contributed by atoms with Gasteiger partial charge in [0.1, 0.15) is 0 Å². The van der Waals surface area contributed by atoms with Crippen LogP contribution in [0.1, 0.15) is 11.1 Å². The van der Waals surface area contributed by atoms with Gasteiger partial charge in [-0.05, 0) is 75.8 Å². The third kappa shape index (κ3) is 3.96. The van der Waals surface area contributed by atoms with E-state index in [0.717, 1.165) is 26.5 Å². The summed E-state index contributed by atoms with van der Waals surface area (Å²) in [5.41, 5.74) is 1.64. The first-order valence-corrected chi connectivity index (χ1v) is 9.54. The fourth-order valence-corrected chi connectivity index (χ4v) is 3.67. The van der Waals surface area contributed by atoms with E-state index in [-0.39, 0.29) is 17.7 Å². The summed E-state index contributed by atoms with van der Waals surface area (Å²) in [7, 11) is 0. The molecule has 0 radical (unpaired) electrons. The smallest absolute Gasteiger partial charge is 0.268 e. The second-order valence-corrected chi connectivity index (χ2v) is 8.12. The van der Waals surface area contributed by atoms with Gasteiger partial charge in [0.25, 0.3) is 11.1 Å². The maximum absolute atomic E-state index is 12.5. The molecule has 0 spiro atoms. The van der Waals surface area contributed by atoms with Crippen LogP contribution in [0.5, 0.6) is 0 Å². The SMILES string of the molecule is O=C1S/C(=C\c2ccc(Cl)c(Cl)c2)C(=O)N1Cc1ccc(I)cc1. The first-order valence-electron chi connectivity index (χ1n) is 6.89. The van der Waals surface area contributed by atoms with Gasteiger partial charge in [0.15, 0.2) is 0 Å². The lowest BCUT2D eigenvalue weighted by molar-refractivity contribution is -0.123. The lowest BCUT2D eigenvalue weighted by atomic mass is 10.2. The van der Waals surface area contributed by atoms with Gasteiger partial charge in [-0.3, -0.25) is 14.5 Å². The Labute approximate surface area is 167 Å². The third-order valence-electron chi connectivity index (χ3n) is 3.37. The number of carbonyl (C=O) groups is 2. The molecule has 0 unspecified atom stereocenters. The average Bonchev–Trinajstić information content (AvgIpc) is 2.80. The van der Waals surface area contributed by atoms with E-state index >= 15 is 0 Å². The van der Waals surface area contributed by atoms with Gasteiger partial charge in [-0.15, -0.1) is 0 Å². The number of thioether (sulfide) groups is 1. The fraction of sp³-hybridized carbons (Fsp3) is 0.0588. The van der Waals surface area contributed by atoms with Crippen LogP contribution in [0, 0.1) is 3.57 Å². The molecule has 3 nitrogen and oxygen atoms in total. The maximum Gasteiger partial charge on any atom is 0.293 e. The predicted octanol–water partition coefficient (Wildman–Crippen LogP) is 5.83. The van der Waals surface area contributed by atoms with Crippen molar-refractivity contribution in [2.75, 3.05) is 0 Å². The molecule has 0 atom stereocenters. The fourth-order valence-electron chi connectivity index (χ4n) is 2.16. The highest BCUT2D eigenvalue weighted by Gasteiger charge is 2.34. The Morgan fingerprint density at radius 2 is 1.75 bits per heavy atom. The van der Waals surface area contributed by atoms with Crippen molar-refractivity contribution in [1.82, 2.24) is 4.90 Å². The quantitative estimate of drug-likeness (QED) is 0.401. The molecular weight excluding hydrogens is 480 g/mol. The Balaban J connectivity index is 1.81. The first-order chi connectivity index (χ1) is 11.4. The number of carbonyl (C=O) groups excluding carboxylic acids is 2. The van der Waals surface area contributed by atoms with Crippen LogP contribution >= 0.6 is 57.6 Å². The second-order valence-electron chi connectivity index (χ2n) is 5.07. The Kier molecular flexibility index (Phi) is 5.54. The molecular formula is C17H10Cl2INO2S. The van der Waals surface area contributed by atoms with Crippen LogP contribution in [-0.4, -0.2) is 16.0 Å². The highest BCUT2D eigenvalue weighted by molar-refractivity contribution is 14.1. The minimum Gasteiger partial charge on any atom is -0.268 e. The monoisotopic (exact) mass is 489 g/mol. The van der Waals surface area contributed by atoms with Gasteiger partial charge >= 0.3 is 0 Å². The lowest BCUT2D eigenvalue weighted by Crippen LogP contribution is -2.27. The van der Waals surface area contributed by atoms with Gasteiger partial charge in [0, 0.05) is 3.57 Å². The van der Waals surface area contributed by atoms with Crippen LogP contribution < -0.4 is 0 Å². The zero-order valence-electron chi connectivity index (χ0n) is 12.1. The van der Waals surface area contributed by atoms with Crippen LogP contribution in [0.4, 0.5) is 4.79 Å². The molecule has 0 aliphatic carbocycles. The molecule has 1 heterocycles. The molecule has 1 fully saturated rings. The highest BCUT2D eigenvalue weighted by Crippen LogP contribution is 2.34. The Morgan fingerprint density at radius 1 is 1.04 bits per heavy atom. The summed E-state index contributed by atoms with van der Waals surface area (Å²) in [6.07, 6.45) is 1.65. The zero-order valence-corrected chi connectivity index (χ0v) is 16.6. The van der Waals surface area contributed by atoms with Crippen molar-refractivity contribution in [2.24, 2.45) is 0 Å². The number of amides is 2. The average molecular weight is 490 g/mol. The number of rotatable bonds is 3. The number of nitrogens with zero attached hydrogens (tertiary/aromatic N) is 1. The van der Waals surface area contributed by atoms with Gasteiger partial charge in [-0.2, -0.15) is 0 Å². The topological polar surface area (TPSA) is 37.4 Å². The van der Waals surface area contributed by atoms with Crippen molar-refractivity contribution in [3.05, 3.63) is 72.1 Å². The third-order valence-corrected chi connectivity index (χ3v) is 5.73. The van der Waals surface area contributed by atoms with Crippen LogP contribution in [-0.2, 0) is 11.3 Å². The zero-order chi connectivity index (χ0) is 17.3. The minimum atomic E-state index is -0.297. The second kappa shape index (κ2) is 7.47. The molecule has 1 aliphatic rings. The summed E-state index contributed by atoms with van der Waals surface area (Å²) < 4.78 is 1.10. The normalized spacial score (nSPS) is 16.3. The van der Waals surface area contributed by atoms with E-state index in [0.29, 0.717) is 15.0 Å². The molecule has 2 aromatic rings. The van der Waals surface area contributed by atoms with Crippen molar-refractivity contribution >= 4 is 74.8 Å². The van der Waals surface area contributed by atoms with Gasteiger partial charge in [0.2, 0.25) is 0 Å². The molecule has 7 heteroatoms. The van der Waals surface area contributed by atoms with E-state index in [1.807, 2.05) is 24.3 Å². The van der Waals surface area contributed by atoms with Gasteiger partial charge < -0.3 is 0 Å². The van der Waals surface area contributed by atoms with Gasteiger partial charge in [-0.1, -0.05) is 41.4 Å². The summed E-state index contributed by atoms with van der Waals surface area (Å²) in [6, 6.07) is 12.8. The Hall–Kier alpha value is -1.02. The van der Waals surface area contributed by atoms with Gasteiger partial charge in [-0.25, -0.2) is 0 Å². The van der Waals surface area contributed by atoms with Crippen molar-refractivity contribution < 1.29 is 9.59 Å². The molecule has 0 saturated carbocycles. The molecule has 2 aromatic carbocycles. The van der Waals surface area contributed by atoms with E-state index < -0.39 is 0 Å². The largest absolute Gasteiger partial charge is 0.293 e. The van der Waals surface area contributed by atoms with E-state index in [2.05, 4.69) is 22.6 Å². The molecule has 24 heavy (non-hydrogen) atoms. The van der Waals surface area contributed by atoms with Crippen molar-refractivity contribution in [1.29, 1.82) is 0 Å². The molecule has 0 aromatic heterocycles. The van der Waals surface area contributed by atoms with Crippen molar-refractivity contribution in [2.45, 2.75) is 6.54 Å². The summed E-state index contributed by atoms with van der Waals surface area (Å²) in [6.45, 7) is 0.264. The number of hydrogen-bond acceptors (Lipinski definition) is 3. The van der Waals surface area contributed by atoms with Gasteiger partial charge in [0.05, 0.1) is 21.5 Å². The van der Waals surface area contributed by atoms with Crippen LogP contribution in [0.3, 0.4) is 0 Å². The highest BCUT2D eigenvalue weighted by atomic mass is 127. The van der Waals surface area contributed by atoms with Crippen LogP contribution in [0.2, 0.25) is 10.0 Å². The molecule has 0 N–H and O–H groups in total. The number of benzene rings is 2. The molecule has 1 saturated heterocycles.